The number of halogens is 3. The third kappa shape index (κ3) is 4.61. The number of likely N-dealkylation sites (N-methyl/N-ethyl adjacent to an activating group) is 1. The highest BCUT2D eigenvalue weighted by molar-refractivity contribution is 6.07. The van der Waals surface area contributed by atoms with Gasteiger partial charge in [0.25, 0.3) is 5.78 Å². The summed E-state index contributed by atoms with van der Waals surface area (Å²) in [7, 11) is 3.85. The van der Waals surface area contributed by atoms with Crippen molar-refractivity contribution < 1.29 is 22.5 Å². The summed E-state index contributed by atoms with van der Waals surface area (Å²) in [5, 5.41) is 0. The minimum atomic E-state index is -4.97. The van der Waals surface area contributed by atoms with E-state index >= 15 is 0 Å². The first-order valence-electron chi connectivity index (χ1n) is 12.2. The van der Waals surface area contributed by atoms with Gasteiger partial charge in [-0.2, -0.15) is 17.7 Å². The van der Waals surface area contributed by atoms with Crippen molar-refractivity contribution in [3.05, 3.63) is 107 Å². The maximum atomic E-state index is 13.4. The molecule has 2 aliphatic heterocycles. The van der Waals surface area contributed by atoms with E-state index in [1.165, 1.54) is 23.8 Å². The Morgan fingerprint density at radius 1 is 0.919 bits per heavy atom. The second kappa shape index (κ2) is 9.33. The Bertz CT molecular complexity index is 1400. The van der Waals surface area contributed by atoms with Crippen molar-refractivity contribution in [1.29, 1.82) is 0 Å². The number of para-hydroxylation sites is 2. The van der Waals surface area contributed by atoms with Crippen molar-refractivity contribution in [3.63, 3.8) is 0 Å². The van der Waals surface area contributed by atoms with Crippen LogP contribution in [0.4, 0.5) is 24.5 Å². The SMILES string of the molecule is CN1/C(=C/C=C/C=C(/C=C/C2=[N+](C)c3ccccc3C2(C)C)C(=O)C(F)(F)F)C(C)(C)c2ccccc21. The van der Waals surface area contributed by atoms with Gasteiger partial charge in [-0.25, -0.2) is 0 Å². The number of hydrogen-bond donors (Lipinski definition) is 0. The van der Waals surface area contributed by atoms with E-state index in [0.29, 0.717) is 0 Å². The van der Waals surface area contributed by atoms with Crippen LogP contribution in [0.25, 0.3) is 0 Å². The number of anilines is 1. The molecule has 192 valence electrons. The zero-order valence-corrected chi connectivity index (χ0v) is 22.0. The molecule has 2 aromatic carbocycles. The zero-order valence-electron chi connectivity index (χ0n) is 22.0. The predicted molar refractivity (Wildman–Crippen MR) is 144 cm³/mol. The average molecular weight is 506 g/mol. The maximum Gasteiger partial charge on any atom is 0.454 e. The predicted octanol–water partition coefficient (Wildman–Crippen LogP) is 7.17. The number of hydrogen-bond acceptors (Lipinski definition) is 2. The fourth-order valence-corrected chi connectivity index (χ4v) is 5.45. The maximum absolute atomic E-state index is 13.4. The monoisotopic (exact) mass is 505 g/mol. The number of alkyl halides is 3. The topological polar surface area (TPSA) is 23.3 Å². The zero-order chi connectivity index (χ0) is 27.2. The van der Waals surface area contributed by atoms with E-state index in [-0.39, 0.29) is 5.41 Å². The normalized spacial score (nSPS) is 19.9. The number of allylic oxidation sites excluding steroid dienone is 8. The van der Waals surface area contributed by atoms with Crippen LogP contribution in [0.3, 0.4) is 0 Å². The van der Waals surface area contributed by atoms with Gasteiger partial charge in [0.2, 0.25) is 5.69 Å². The Morgan fingerprint density at radius 2 is 1.54 bits per heavy atom. The summed E-state index contributed by atoms with van der Waals surface area (Å²) in [4.78, 5) is 14.3. The van der Waals surface area contributed by atoms with Crippen LogP contribution in [0.2, 0.25) is 0 Å². The minimum Gasteiger partial charge on any atom is -0.347 e. The third-order valence-electron chi connectivity index (χ3n) is 7.46. The molecule has 0 radical (unpaired) electrons. The second-order valence-corrected chi connectivity index (χ2v) is 10.5. The van der Waals surface area contributed by atoms with Crippen LogP contribution >= 0.6 is 0 Å². The van der Waals surface area contributed by atoms with Crippen molar-refractivity contribution in [3.8, 4) is 0 Å². The van der Waals surface area contributed by atoms with Gasteiger partial charge in [-0.3, -0.25) is 4.79 Å². The van der Waals surface area contributed by atoms with E-state index in [1.807, 2.05) is 81.1 Å². The van der Waals surface area contributed by atoms with E-state index in [9.17, 15) is 18.0 Å². The average Bonchev–Trinajstić information content (AvgIpc) is 3.16. The standard InChI is InChI=1S/C31H32F3N2O/c1-29(2)22-14-8-10-16-24(22)35(5)26(29)18-12-7-13-21(28(37)31(32,33)34)19-20-27-30(3,4)23-15-9-11-17-25(23)36(27)6/h7-20H,1-6H3/q+1. The Kier molecular flexibility index (Phi) is 6.65. The van der Waals surface area contributed by atoms with Crippen molar-refractivity contribution in [2.75, 3.05) is 19.0 Å². The lowest BCUT2D eigenvalue weighted by molar-refractivity contribution is -0.401. The molecule has 2 heterocycles. The third-order valence-corrected chi connectivity index (χ3v) is 7.46. The number of ketones is 1. The first-order valence-corrected chi connectivity index (χ1v) is 12.2. The number of carbonyl (C=O) groups is 1. The van der Waals surface area contributed by atoms with E-state index in [1.54, 1.807) is 12.2 Å². The lowest BCUT2D eigenvalue weighted by Gasteiger charge is -2.23. The lowest BCUT2D eigenvalue weighted by Crippen LogP contribution is -2.27. The molecule has 0 amide bonds. The molecule has 2 aromatic rings. The Labute approximate surface area is 216 Å². The summed E-state index contributed by atoms with van der Waals surface area (Å²) >= 11 is 0. The molecule has 4 rings (SSSR count). The van der Waals surface area contributed by atoms with Gasteiger partial charge in [-0.1, -0.05) is 68.5 Å². The van der Waals surface area contributed by atoms with E-state index in [2.05, 4.69) is 24.8 Å². The second-order valence-electron chi connectivity index (χ2n) is 10.5. The summed E-state index contributed by atoms with van der Waals surface area (Å²) in [6, 6.07) is 16.0. The summed E-state index contributed by atoms with van der Waals surface area (Å²) in [5.74, 6) is -1.87. The summed E-state index contributed by atoms with van der Waals surface area (Å²) in [6.07, 6.45) is 4.21. The highest BCUT2D eigenvalue weighted by Gasteiger charge is 2.43. The summed E-state index contributed by atoms with van der Waals surface area (Å²) < 4.78 is 42.2. The van der Waals surface area contributed by atoms with E-state index in [0.717, 1.165) is 28.3 Å². The van der Waals surface area contributed by atoms with Gasteiger partial charge in [-0.15, -0.1) is 0 Å². The van der Waals surface area contributed by atoms with Crippen molar-refractivity contribution in [1.82, 2.24) is 0 Å². The first-order chi connectivity index (χ1) is 17.3. The molecule has 0 spiro atoms. The molecule has 0 fully saturated rings. The van der Waals surface area contributed by atoms with Crippen molar-refractivity contribution in [2.24, 2.45) is 0 Å². The van der Waals surface area contributed by atoms with E-state index in [4.69, 9.17) is 0 Å². The summed E-state index contributed by atoms with van der Waals surface area (Å²) in [6.45, 7) is 8.27. The van der Waals surface area contributed by atoms with Crippen LogP contribution in [0.1, 0.15) is 38.8 Å². The molecule has 0 aliphatic carbocycles. The molecule has 3 nitrogen and oxygen atoms in total. The molecule has 37 heavy (non-hydrogen) atoms. The fraction of sp³-hybridized carbons (Fsp3) is 0.290. The van der Waals surface area contributed by atoms with Crippen molar-refractivity contribution in [2.45, 2.75) is 44.7 Å². The molecule has 0 saturated carbocycles. The fourth-order valence-electron chi connectivity index (χ4n) is 5.45. The van der Waals surface area contributed by atoms with Gasteiger partial charge in [0, 0.05) is 47.1 Å². The Morgan fingerprint density at radius 3 is 2.16 bits per heavy atom. The minimum absolute atomic E-state index is 0.256. The molecule has 0 bridgehead atoms. The van der Waals surface area contributed by atoms with Crippen LogP contribution in [-0.4, -0.2) is 36.3 Å². The van der Waals surface area contributed by atoms with Gasteiger partial charge in [0.05, 0.1) is 5.41 Å². The Balaban J connectivity index is 1.66. The van der Waals surface area contributed by atoms with Gasteiger partial charge in [-0.05, 0) is 37.6 Å². The van der Waals surface area contributed by atoms with Gasteiger partial charge in [0.1, 0.15) is 7.05 Å². The van der Waals surface area contributed by atoms with Gasteiger partial charge >= 0.3 is 6.18 Å². The lowest BCUT2D eigenvalue weighted by atomic mass is 9.81. The van der Waals surface area contributed by atoms with E-state index < -0.39 is 22.9 Å². The number of benzene rings is 2. The molecular weight excluding hydrogens is 473 g/mol. The van der Waals surface area contributed by atoms with Crippen LogP contribution in [0, 0.1) is 0 Å². The van der Waals surface area contributed by atoms with Gasteiger partial charge < -0.3 is 4.90 Å². The van der Waals surface area contributed by atoms with Crippen LogP contribution < -0.4 is 4.90 Å². The van der Waals surface area contributed by atoms with Crippen LogP contribution in [-0.2, 0) is 15.6 Å². The number of fused-ring (bicyclic) bond motifs is 2. The first kappa shape index (κ1) is 26.4. The largest absolute Gasteiger partial charge is 0.454 e. The van der Waals surface area contributed by atoms with Crippen LogP contribution in [0.5, 0.6) is 0 Å². The quantitative estimate of drug-likeness (QED) is 0.244. The molecule has 0 atom stereocenters. The number of Topliss-reactive ketones (excluding diaryl/α,β-unsaturated/α-hetero) is 1. The smallest absolute Gasteiger partial charge is 0.347 e. The number of carbonyl (C=O) groups excluding carboxylic acids is 1. The molecule has 0 saturated heterocycles. The van der Waals surface area contributed by atoms with Gasteiger partial charge in [0.15, 0.2) is 5.71 Å². The number of nitrogens with zero attached hydrogens (tertiary/aromatic N) is 2. The number of rotatable bonds is 5. The molecule has 0 unspecified atom stereocenters. The van der Waals surface area contributed by atoms with Crippen molar-refractivity contribution >= 4 is 22.9 Å². The highest BCUT2D eigenvalue weighted by atomic mass is 19.4. The Hall–Kier alpha value is -3.67. The summed E-state index contributed by atoms with van der Waals surface area (Å²) in [5.41, 5.74) is 5.10. The molecule has 6 heteroatoms. The highest BCUT2D eigenvalue weighted by Crippen LogP contribution is 2.46. The van der Waals surface area contributed by atoms with Crippen LogP contribution in [0.15, 0.2) is 96.3 Å². The molecular formula is C31H32F3N2O+. The molecule has 0 N–H and O–H groups in total. The molecule has 2 aliphatic rings. The molecule has 0 aromatic heterocycles.